The first-order valence-electron chi connectivity index (χ1n) is 6.03. The number of benzene rings is 1. The van der Waals surface area contributed by atoms with Crippen LogP contribution in [0.5, 0.6) is 0 Å². The van der Waals surface area contributed by atoms with Gasteiger partial charge in [-0.2, -0.15) is 0 Å². The molecule has 0 atom stereocenters. The zero-order chi connectivity index (χ0) is 13.7. The van der Waals surface area contributed by atoms with Crippen molar-refractivity contribution < 1.29 is 4.79 Å². The first kappa shape index (κ1) is 14.6. The summed E-state index contributed by atoms with van der Waals surface area (Å²) in [5.41, 5.74) is 7.47. The van der Waals surface area contributed by atoms with E-state index in [1.54, 1.807) is 4.90 Å². The van der Waals surface area contributed by atoms with Crippen molar-refractivity contribution in [2.24, 2.45) is 11.7 Å². The Kier molecular flexibility index (Phi) is 5.28. The summed E-state index contributed by atoms with van der Waals surface area (Å²) in [6.07, 6.45) is 0.575. The molecule has 0 aliphatic rings. The Morgan fingerprint density at radius 2 is 2.11 bits per heavy atom. The van der Waals surface area contributed by atoms with Gasteiger partial charge in [-0.3, -0.25) is 4.79 Å². The van der Waals surface area contributed by atoms with Crippen molar-refractivity contribution in [1.82, 2.24) is 4.90 Å². The lowest BCUT2D eigenvalue weighted by Gasteiger charge is -2.18. The van der Waals surface area contributed by atoms with Gasteiger partial charge in [0.05, 0.1) is 0 Å². The van der Waals surface area contributed by atoms with Crippen LogP contribution in [0.4, 0.5) is 0 Å². The fourth-order valence-corrected chi connectivity index (χ4v) is 1.82. The lowest BCUT2D eigenvalue weighted by Crippen LogP contribution is -2.27. The minimum atomic E-state index is 0.158. The standard InChI is InChI=1S/C14H20N2OS/c1-10(2)7-13(17)16(3)9-11-5-4-6-12(8-11)14(15)18/h4-6,8,10H,7,9H2,1-3H3,(H2,15,18). The van der Waals surface area contributed by atoms with Crippen LogP contribution in [0.3, 0.4) is 0 Å². The molecule has 1 rings (SSSR count). The molecule has 0 bridgehead atoms. The molecule has 0 aliphatic heterocycles. The third kappa shape index (κ3) is 4.45. The van der Waals surface area contributed by atoms with Gasteiger partial charge in [0.2, 0.25) is 5.91 Å². The Bertz CT molecular complexity index is 443. The zero-order valence-corrected chi connectivity index (χ0v) is 12.0. The van der Waals surface area contributed by atoms with E-state index in [1.807, 2.05) is 45.2 Å². The molecule has 1 amide bonds. The highest BCUT2D eigenvalue weighted by Gasteiger charge is 2.11. The third-order valence-electron chi connectivity index (χ3n) is 2.64. The van der Waals surface area contributed by atoms with Gasteiger partial charge in [-0.05, 0) is 17.5 Å². The smallest absolute Gasteiger partial charge is 0.222 e. The third-order valence-corrected chi connectivity index (χ3v) is 2.88. The van der Waals surface area contributed by atoms with E-state index in [2.05, 4.69) is 0 Å². The Labute approximate surface area is 114 Å². The van der Waals surface area contributed by atoms with Crippen LogP contribution in [0.1, 0.15) is 31.4 Å². The summed E-state index contributed by atoms with van der Waals surface area (Å²) in [5.74, 6) is 0.536. The highest BCUT2D eigenvalue weighted by atomic mass is 32.1. The van der Waals surface area contributed by atoms with Crippen molar-refractivity contribution in [3.63, 3.8) is 0 Å². The van der Waals surface area contributed by atoms with Gasteiger partial charge in [-0.1, -0.05) is 44.3 Å². The van der Waals surface area contributed by atoms with E-state index in [4.69, 9.17) is 18.0 Å². The quantitative estimate of drug-likeness (QED) is 0.830. The minimum Gasteiger partial charge on any atom is -0.389 e. The minimum absolute atomic E-state index is 0.158. The molecule has 0 aliphatic carbocycles. The van der Waals surface area contributed by atoms with Crippen LogP contribution in [0.15, 0.2) is 24.3 Å². The van der Waals surface area contributed by atoms with Crippen LogP contribution in [0, 0.1) is 5.92 Å². The lowest BCUT2D eigenvalue weighted by atomic mass is 10.1. The fourth-order valence-electron chi connectivity index (χ4n) is 1.69. The van der Waals surface area contributed by atoms with E-state index >= 15 is 0 Å². The van der Waals surface area contributed by atoms with Crippen molar-refractivity contribution in [3.05, 3.63) is 35.4 Å². The Morgan fingerprint density at radius 3 is 2.67 bits per heavy atom. The van der Waals surface area contributed by atoms with Gasteiger partial charge in [-0.15, -0.1) is 0 Å². The molecular formula is C14H20N2OS. The molecule has 0 saturated carbocycles. The predicted octanol–water partition coefficient (Wildman–Crippen LogP) is 2.33. The van der Waals surface area contributed by atoms with Gasteiger partial charge in [0.15, 0.2) is 0 Å². The molecule has 3 nitrogen and oxygen atoms in total. The molecule has 0 radical (unpaired) electrons. The molecule has 1 aromatic rings. The highest BCUT2D eigenvalue weighted by molar-refractivity contribution is 7.80. The second-order valence-corrected chi connectivity index (χ2v) is 5.35. The Morgan fingerprint density at radius 1 is 1.44 bits per heavy atom. The van der Waals surface area contributed by atoms with E-state index in [0.717, 1.165) is 11.1 Å². The largest absolute Gasteiger partial charge is 0.389 e. The van der Waals surface area contributed by atoms with E-state index in [1.165, 1.54) is 0 Å². The van der Waals surface area contributed by atoms with E-state index in [9.17, 15) is 4.79 Å². The Balaban J connectivity index is 2.69. The lowest BCUT2D eigenvalue weighted by molar-refractivity contribution is -0.131. The van der Waals surface area contributed by atoms with Crippen molar-refractivity contribution in [1.29, 1.82) is 0 Å². The molecular weight excluding hydrogens is 244 g/mol. The molecule has 0 spiro atoms. The molecule has 0 unspecified atom stereocenters. The molecule has 0 heterocycles. The SMILES string of the molecule is CC(C)CC(=O)N(C)Cc1cccc(C(N)=S)c1. The molecule has 1 aromatic carbocycles. The number of nitrogens with zero attached hydrogens (tertiary/aromatic N) is 1. The molecule has 4 heteroatoms. The molecule has 0 saturated heterocycles. The summed E-state index contributed by atoms with van der Waals surface area (Å²) < 4.78 is 0. The fraction of sp³-hybridized carbons (Fsp3) is 0.429. The van der Waals surface area contributed by atoms with Crippen molar-refractivity contribution in [2.45, 2.75) is 26.8 Å². The van der Waals surface area contributed by atoms with E-state index < -0.39 is 0 Å². The second kappa shape index (κ2) is 6.50. The number of nitrogens with two attached hydrogens (primary N) is 1. The summed E-state index contributed by atoms with van der Waals surface area (Å²) in [7, 11) is 1.82. The molecule has 0 fully saturated rings. The first-order chi connectivity index (χ1) is 8.40. The Hall–Kier alpha value is -1.42. The molecule has 0 aromatic heterocycles. The summed E-state index contributed by atoms with van der Waals surface area (Å²) >= 11 is 4.94. The molecule has 18 heavy (non-hydrogen) atoms. The van der Waals surface area contributed by atoms with Crippen molar-refractivity contribution in [3.8, 4) is 0 Å². The van der Waals surface area contributed by atoms with E-state index in [-0.39, 0.29) is 5.91 Å². The van der Waals surface area contributed by atoms with Gasteiger partial charge in [-0.25, -0.2) is 0 Å². The first-order valence-corrected chi connectivity index (χ1v) is 6.43. The number of carbonyl (C=O) groups is 1. The normalized spacial score (nSPS) is 10.4. The van der Waals surface area contributed by atoms with Crippen LogP contribution < -0.4 is 5.73 Å². The molecule has 98 valence electrons. The van der Waals surface area contributed by atoms with Crippen molar-refractivity contribution >= 4 is 23.1 Å². The number of thiocarbonyl (C=S) groups is 1. The summed E-state index contributed by atoms with van der Waals surface area (Å²) in [5, 5.41) is 0. The van der Waals surface area contributed by atoms with Crippen LogP contribution >= 0.6 is 12.2 Å². The maximum atomic E-state index is 11.9. The average molecular weight is 264 g/mol. The van der Waals surface area contributed by atoms with Crippen molar-refractivity contribution in [2.75, 3.05) is 7.05 Å². The van der Waals surface area contributed by atoms with E-state index in [0.29, 0.717) is 23.9 Å². The summed E-state index contributed by atoms with van der Waals surface area (Å²) in [6, 6.07) is 7.69. The van der Waals surface area contributed by atoms with Crippen LogP contribution in [-0.4, -0.2) is 22.8 Å². The van der Waals surface area contributed by atoms with Crippen LogP contribution in [0.25, 0.3) is 0 Å². The van der Waals surface area contributed by atoms with Gasteiger partial charge in [0, 0.05) is 25.6 Å². The van der Waals surface area contributed by atoms with Crippen LogP contribution in [-0.2, 0) is 11.3 Å². The topological polar surface area (TPSA) is 46.3 Å². The predicted molar refractivity (Wildman–Crippen MR) is 78.3 cm³/mol. The number of carbonyl (C=O) groups excluding carboxylic acids is 1. The summed E-state index contributed by atoms with van der Waals surface area (Å²) in [6.45, 7) is 4.67. The monoisotopic (exact) mass is 264 g/mol. The van der Waals surface area contributed by atoms with Gasteiger partial charge < -0.3 is 10.6 Å². The maximum absolute atomic E-state index is 11.9. The number of hydrogen-bond acceptors (Lipinski definition) is 2. The number of rotatable bonds is 5. The number of amides is 1. The van der Waals surface area contributed by atoms with Crippen LogP contribution in [0.2, 0.25) is 0 Å². The second-order valence-electron chi connectivity index (χ2n) is 4.91. The number of hydrogen-bond donors (Lipinski definition) is 1. The van der Waals surface area contributed by atoms with Gasteiger partial charge >= 0.3 is 0 Å². The zero-order valence-electron chi connectivity index (χ0n) is 11.1. The maximum Gasteiger partial charge on any atom is 0.222 e. The average Bonchev–Trinajstić information content (AvgIpc) is 2.28. The van der Waals surface area contributed by atoms with Gasteiger partial charge in [0.25, 0.3) is 0 Å². The highest BCUT2D eigenvalue weighted by Crippen LogP contribution is 2.10. The van der Waals surface area contributed by atoms with Gasteiger partial charge in [0.1, 0.15) is 4.99 Å². The summed E-state index contributed by atoms with van der Waals surface area (Å²) in [4.78, 5) is 14.0. The molecule has 2 N–H and O–H groups in total.